The summed E-state index contributed by atoms with van der Waals surface area (Å²) in [4.78, 5) is 26.5. The summed E-state index contributed by atoms with van der Waals surface area (Å²) in [5, 5.41) is 11.7. The minimum absolute atomic E-state index is 0.00708. The minimum Gasteiger partial charge on any atom is -0.465 e. The average Bonchev–Trinajstić information content (AvgIpc) is 2.94. The summed E-state index contributed by atoms with van der Waals surface area (Å²) >= 11 is 0. The number of benzene rings is 1. The second kappa shape index (κ2) is 7.03. The van der Waals surface area contributed by atoms with E-state index in [4.69, 9.17) is 0 Å². The van der Waals surface area contributed by atoms with Gasteiger partial charge in [-0.1, -0.05) is 13.8 Å². The van der Waals surface area contributed by atoms with Crippen LogP contribution < -0.4 is 5.32 Å². The van der Waals surface area contributed by atoms with Crippen LogP contribution in [0.2, 0.25) is 0 Å². The smallest absolute Gasteiger partial charge is 0.416 e. The van der Waals surface area contributed by atoms with Gasteiger partial charge in [0.05, 0.1) is 5.56 Å². The summed E-state index contributed by atoms with van der Waals surface area (Å²) in [6, 6.07) is 2.53. The lowest BCUT2D eigenvalue weighted by Gasteiger charge is -2.42. The standard InChI is InChI=1S/C18H22F3N3O3/c1-10(2)15-9-24(17(26)27)4-3-23(15)8-11-5-12-13(7-22-16(12)25)14(6-11)18(19,20)21/h5-6,10,15H,3-4,7-9H2,1-2H3,(H,22,25)(H,26,27). The van der Waals surface area contributed by atoms with Gasteiger partial charge in [-0.25, -0.2) is 4.79 Å². The highest BCUT2D eigenvalue weighted by molar-refractivity contribution is 5.99. The van der Waals surface area contributed by atoms with Crippen LogP contribution in [-0.4, -0.2) is 52.6 Å². The Bertz CT molecular complexity index is 764. The molecule has 0 spiro atoms. The predicted octanol–water partition coefficient (Wildman–Crippen LogP) is 2.77. The number of rotatable bonds is 3. The summed E-state index contributed by atoms with van der Waals surface area (Å²) in [5.41, 5.74) is -0.302. The first-order valence-electron chi connectivity index (χ1n) is 8.81. The van der Waals surface area contributed by atoms with Gasteiger partial charge in [0.25, 0.3) is 5.91 Å². The van der Waals surface area contributed by atoms with Gasteiger partial charge < -0.3 is 15.3 Å². The van der Waals surface area contributed by atoms with Gasteiger partial charge in [0.2, 0.25) is 0 Å². The van der Waals surface area contributed by atoms with Crippen molar-refractivity contribution in [3.8, 4) is 0 Å². The summed E-state index contributed by atoms with van der Waals surface area (Å²) in [6.45, 7) is 5.08. The molecule has 0 aromatic heterocycles. The van der Waals surface area contributed by atoms with E-state index in [0.717, 1.165) is 6.07 Å². The van der Waals surface area contributed by atoms with Crippen molar-refractivity contribution in [2.75, 3.05) is 19.6 Å². The first-order chi connectivity index (χ1) is 12.6. The van der Waals surface area contributed by atoms with Gasteiger partial charge >= 0.3 is 12.3 Å². The van der Waals surface area contributed by atoms with Crippen molar-refractivity contribution >= 4 is 12.0 Å². The molecule has 1 atom stereocenters. The first-order valence-corrected chi connectivity index (χ1v) is 8.81. The number of amides is 2. The van der Waals surface area contributed by atoms with Crippen molar-refractivity contribution < 1.29 is 27.9 Å². The molecule has 148 valence electrons. The Labute approximate surface area is 154 Å². The molecule has 1 fully saturated rings. The van der Waals surface area contributed by atoms with Crippen LogP contribution in [0, 0.1) is 5.92 Å². The number of nitrogens with one attached hydrogen (secondary N) is 1. The second-order valence-electron chi connectivity index (χ2n) is 7.36. The molecule has 1 unspecified atom stereocenters. The topological polar surface area (TPSA) is 72.9 Å². The first kappa shape index (κ1) is 19.5. The summed E-state index contributed by atoms with van der Waals surface area (Å²) in [5.74, 6) is -0.361. The minimum atomic E-state index is -4.54. The number of carboxylic acid groups (broad SMARTS) is 1. The van der Waals surface area contributed by atoms with E-state index >= 15 is 0 Å². The van der Waals surface area contributed by atoms with Crippen LogP contribution >= 0.6 is 0 Å². The Morgan fingerprint density at radius 3 is 2.63 bits per heavy atom. The Balaban J connectivity index is 1.90. The molecule has 0 saturated carbocycles. The van der Waals surface area contributed by atoms with Crippen molar-refractivity contribution in [2.24, 2.45) is 5.92 Å². The van der Waals surface area contributed by atoms with E-state index in [1.165, 1.54) is 11.0 Å². The van der Waals surface area contributed by atoms with Gasteiger partial charge in [-0.05, 0) is 29.2 Å². The van der Waals surface area contributed by atoms with Crippen LogP contribution in [0.3, 0.4) is 0 Å². The van der Waals surface area contributed by atoms with E-state index in [-0.39, 0.29) is 36.2 Å². The fourth-order valence-electron chi connectivity index (χ4n) is 3.82. The molecule has 1 aromatic rings. The van der Waals surface area contributed by atoms with Crippen LogP contribution in [0.5, 0.6) is 0 Å². The third kappa shape index (κ3) is 3.87. The van der Waals surface area contributed by atoms with E-state index in [0.29, 0.717) is 25.2 Å². The molecule has 2 aliphatic rings. The number of fused-ring (bicyclic) bond motifs is 1. The summed E-state index contributed by atoms with van der Waals surface area (Å²) in [6.07, 6.45) is -5.53. The lowest BCUT2D eigenvalue weighted by atomic mass is 9.96. The third-order valence-electron chi connectivity index (χ3n) is 5.24. The molecule has 9 heteroatoms. The van der Waals surface area contributed by atoms with E-state index in [9.17, 15) is 27.9 Å². The van der Waals surface area contributed by atoms with Crippen LogP contribution in [0.25, 0.3) is 0 Å². The molecule has 2 aliphatic heterocycles. The molecular weight excluding hydrogens is 363 g/mol. The number of hydrogen-bond donors (Lipinski definition) is 2. The third-order valence-corrected chi connectivity index (χ3v) is 5.24. The van der Waals surface area contributed by atoms with Crippen LogP contribution in [0.1, 0.15) is 40.9 Å². The maximum absolute atomic E-state index is 13.4. The molecule has 6 nitrogen and oxygen atoms in total. The summed E-state index contributed by atoms with van der Waals surface area (Å²) in [7, 11) is 0. The van der Waals surface area contributed by atoms with Crippen molar-refractivity contribution in [1.82, 2.24) is 15.1 Å². The summed E-state index contributed by atoms with van der Waals surface area (Å²) < 4.78 is 40.3. The second-order valence-corrected chi connectivity index (χ2v) is 7.36. The number of hydrogen-bond acceptors (Lipinski definition) is 3. The molecule has 1 aromatic carbocycles. The molecule has 3 rings (SSSR count). The molecule has 0 radical (unpaired) electrons. The SMILES string of the molecule is CC(C)C1CN(C(=O)O)CCN1Cc1cc2c(c(C(F)(F)F)c1)CNC2=O. The van der Waals surface area contributed by atoms with Crippen LogP contribution in [-0.2, 0) is 19.3 Å². The normalized spacial score (nSPS) is 20.7. The molecule has 1 saturated heterocycles. The zero-order valence-corrected chi connectivity index (χ0v) is 15.1. The molecule has 2 heterocycles. The molecule has 27 heavy (non-hydrogen) atoms. The van der Waals surface area contributed by atoms with Crippen molar-refractivity contribution in [1.29, 1.82) is 0 Å². The Morgan fingerprint density at radius 2 is 2.04 bits per heavy atom. The number of carbonyl (C=O) groups excluding carboxylic acids is 1. The van der Waals surface area contributed by atoms with Gasteiger partial charge in [0.1, 0.15) is 0 Å². The van der Waals surface area contributed by atoms with E-state index < -0.39 is 23.7 Å². The highest BCUT2D eigenvalue weighted by Crippen LogP contribution is 2.36. The van der Waals surface area contributed by atoms with Crippen LogP contribution in [0.4, 0.5) is 18.0 Å². The maximum Gasteiger partial charge on any atom is 0.416 e. The zero-order chi connectivity index (χ0) is 19.9. The molecule has 0 aliphatic carbocycles. The highest BCUT2D eigenvalue weighted by Gasteiger charge is 2.38. The number of halogens is 3. The number of piperazine rings is 1. The Hall–Kier alpha value is -2.29. The lowest BCUT2D eigenvalue weighted by molar-refractivity contribution is -0.138. The fraction of sp³-hybridized carbons (Fsp3) is 0.556. The van der Waals surface area contributed by atoms with Gasteiger partial charge in [0, 0.05) is 44.3 Å². The van der Waals surface area contributed by atoms with Gasteiger partial charge in [-0.15, -0.1) is 0 Å². The average molecular weight is 385 g/mol. The van der Waals surface area contributed by atoms with Crippen molar-refractivity contribution in [3.63, 3.8) is 0 Å². The van der Waals surface area contributed by atoms with E-state index in [1.807, 2.05) is 18.7 Å². The molecular formula is C18H22F3N3O3. The highest BCUT2D eigenvalue weighted by atomic mass is 19.4. The predicted molar refractivity (Wildman–Crippen MR) is 91.2 cm³/mol. The van der Waals surface area contributed by atoms with E-state index in [1.54, 1.807) is 0 Å². The zero-order valence-electron chi connectivity index (χ0n) is 15.1. The van der Waals surface area contributed by atoms with Gasteiger partial charge in [-0.3, -0.25) is 9.69 Å². The van der Waals surface area contributed by atoms with Crippen LogP contribution in [0.15, 0.2) is 12.1 Å². The van der Waals surface area contributed by atoms with Crippen molar-refractivity contribution in [3.05, 3.63) is 34.4 Å². The van der Waals surface area contributed by atoms with E-state index in [2.05, 4.69) is 5.32 Å². The van der Waals surface area contributed by atoms with Gasteiger partial charge in [0.15, 0.2) is 0 Å². The maximum atomic E-state index is 13.4. The lowest BCUT2D eigenvalue weighted by Crippen LogP contribution is -2.55. The number of carbonyl (C=O) groups is 2. The van der Waals surface area contributed by atoms with Gasteiger partial charge in [-0.2, -0.15) is 13.2 Å². The van der Waals surface area contributed by atoms with Crippen molar-refractivity contribution in [2.45, 2.75) is 39.2 Å². The molecule has 2 amide bonds. The largest absolute Gasteiger partial charge is 0.465 e. The Kier molecular flexibility index (Phi) is 5.07. The fourth-order valence-corrected chi connectivity index (χ4v) is 3.82. The quantitative estimate of drug-likeness (QED) is 0.839. The monoisotopic (exact) mass is 385 g/mol. The molecule has 0 bridgehead atoms. The molecule has 2 N–H and O–H groups in total. The Morgan fingerprint density at radius 1 is 1.33 bits per heavy atom. The number of alkyl halides is 3. The number of nitrogens with zero attached hydrogens (tertiary/aromatic N) is 2.